The van der Waals surface area contributed by atoms with Crippen molar-refractivity contribution in [3.63, 3.8) is 0 Å². The van der Waals surface area contributed by atoms with E-state index in [2.05, 4.69) is 36.3 Å². The molecule has 0 radical (unpaired) electrons. The number of hydrogen-bond donors (Lipinski definition) is 2. The van der Waals surface area contributed by atoms with Gasteiger partial charge in [-0.05, 0) is 38.2 Å². The van der Waals surface area contributed by atoms with Crippen LogP contribution in [0.1, 0.15) is 20.8 Å². The molecule has 1 aromatic rings. The molecule has 1 unspecified atom stereocenters. The van der Waals surface area contributed by atoms with Gasteiger partial charge in [0.1, 0.15) is 0 Å². The quantitative estimate of drug-likeness (QED) is 0.744. The highest BCUT2D eigenvalue weighted by Gasteiger charge is 2.17. The second kappa shape index (κ2) is 9.00. The zero-order valence-corrected chi connectivity index (χ0v) is 15.9. The van der Waals surface area contributed by atoms with Crippen LogP contribution in [0.5, 0.6) is 0 Å². The lowest BCUT2D eigenvalue weighted by Crippen LogP contribution is -2.43. The maximum Gasteiger partial charge on any atom is 0.319 e. The zero-order chi connectivity index (χ0) is 18.3. The van der Waals surface area contributed by atoms with E-state index >= 15 is 0 Å². The predicted molar refractivity (Wildman–Crippen MR) is 96.7 cm³/mol. The Morgan fingerprint density at radius 2 is 1.83 bits per heavy atom. The minimum Gasteiger partial charge on any atom is -0.336 e. The summed E-state index contributed by atoms with van der Waals surface area (Å²) in [6.45, 7) is 8.57. The van der Waals surface area contributed by atoms with Crippen LogP contribution in [0.4, 0.5) is 10.5 Å². The molecule has 1 rings (SSSR count). The highest BCUT2D eigenvalue weighted by atomic mass is 32.2. The Morgan fingerprint density at radius 3 is 2.38 bits per heavy atom. The van der Waals surface area contributed by atoms with E-state index in [0.717, 1.165) is 17.4 Å². The summed E-state index contributed by atoms with van der Waals surface area (Å²) in [6.07, 6.45) is 0. The molecule has 2 N–H and O–H groups in total. The standard InChI is InChI=1S/C16H28N4O3S/c1-6-20(7-2)13(3)12-17-16(21)18-14-9-8-10-15(11-14)24(22,23)19(4)5/h8-11,13H,6-7,12H2,1-5H3,(H2,17,18,21). The summed E-state index contributed by atoms with van der Waals surface area (Å²) in [5.41, 5.74) is 0.436. The van der Waals surface area contributed by atoms with Crippen molar-refractivity contribution in [3.8, 4) is 0 Å². The van der Waals surface area contributed by atoms with Crippen molar-refractivity contribution in [3.05, 3.63) is 24.3 Å². The van der Waals surface area contributed by atoms with E-state index < -0.39 is 10.0 Å². The van der Waals surface area contributed by atoms with E-state index in [-0.39, 0.29) is 17.0 Å². The largest absolute Gasteiger partial charge is 0.336 e. The molecule has 24 heavy (non-hydrogen) atoms. The Balaban J connectivity index is 2.69. The summed E-state index contributed by atoms with van der Waals surface area (Å²) < 4.78 is 25.4. The third kappa shape index (κ3) is 5.47. The molecule has 7 nitrogen and oxygen atoms in total. The summed E-state index contributed by atoms with van der Waals surface area (Å²) in [7, 11) is -0.586. The normalized spacial score (nSPS) is 13.1. The smallest absolute Gasteiger partial charge is 0.319 e. The molecule has 136 valence electrons. The molecule has 0 aliphatic heterocycles. The number of urea groups is 1. The average molecular weight is 356 g/mol. The minimum absolute atomic E-state index is 0.141. The van der Waals surface area contributed by atoms with Gasteiger partial charge in [0.05, 0.1) is 4.90 Å². The van der Waals surface area contributed by atoms with Crippen molar-refractivity contribution in [2.24, 2.45) is 0 Å². The number of benzene rings is 1. The van der Waals surface area contributed by atoms with Gasteiger partial charge in [0.25, 0.3) is 0 Å². The molecular formula is C16H28N4O3S. The van der Waals surface area contributed by atoms with Crippen molar-refractivity contribution >= 4 is 21.7 Å². The first-order valence-electron chi connectivity index (χ1n) is 8.03. The SMILES string of the molecule is CCN(CC)C(C)CNC(=O)Nc1cccc(S(=O)(=O)N(C)C)c1. The van der Waals surface area contributed by atoms with Gasteiger partial charge >= 0.3 is 6.03 Å². The fraction of sp³-hybridized carbons (Fsp3) is 0.562. The number of hydrogen-bond acceptors (Lipinski definition) is 4. The molecule has 0 saturated carbocycles. The first kappa shape index (κ1) is 20.4. The fourth-order valence-corrected chi connectivity index (χ4v) is 3.28. The highest BCUT2D eigenvalue weighted by molar-refractivity contribution is 7.89. The van der Waals surface area contributed by atoms with E-state index in [1.165, 1.54) is 26.2 Å². The first-order chi connectivity index (χ1) is 11.2. The Kier molecular flexibility index (Phi) is 7.65. The summed E-state index contributed by atoms with van der Waals surface area (Å²) in [5.74, 6) is 0. The van der Waals surface area contributed by atoms with Crippen molar-refractivity contribution in [1.29, 1.82) is 0 Å². The second-order valence-corrected chi connectivity index (χ2v) is 7.87. The summed E-state index contributed by atoms with van der Waals surface area (Å²) in [4.78, 5) is 14.4. The number of likely N-dealkylation sites (N-methyl/N-ethyl adjacent to an activating group) is 1. The maximum atomic E-state index is 12.1. The van der Waals surface area contributed by atoms with Gasteiger partial charge in [-0.3, -0.25) is 4.90 Å². The first-order valence-corrected chi connectivity index (χ1v) is 9.47. The van der Waals surface area contributed by atoms with E-state index in [1.54, 1.807) is 12.1 Å². The van der Waals surface area contributed by atoms with Crippen molar-refractivity contribution in [2.75, 3.05) is 39.0 Å². The predicted octanol–water partition coefficient (Wildman–Crippen LogP) is 1.79. The zero-order valence-electron chi connectivity index (χ0n) is 15.0. The van der Waals surface area contributed by atoms with Crippen molar-refractivity contribution < 1.29 is 13.2 Å². The monoisotopic (exact) mass is 356 g/mol. The van der Waals surface area contributed by atoms with Gasteiger partial charge in [0, 0.05) is 32.4 Å². The lowest BCUT2D eigenvalue weighted by atomic mass is 10.3. The number of carbonyl (C=O) groups excluding carboxylic acids is 1. The molecular weight excluding hydrogens is 328 g/mol. The maximum absolute atomic E-state index is 12.1. The average Bonchev–Trinajstić information content (AvgIpc) is 2.54. The second-order valence-electron chi connectivity index (χ2n) is 5.72. The van der Waals surface area contributed by atoms with Crippen LogP contribution >= 0.6 is 0 Å². The molecule has 0 aliphatic carbocycles. The van der Waals surface area contributed by atoms with Crippen LogP contribution < -0.4 is 10.6 Å². The van der Waals surface area contributed by atoms with Gasteiger partial charge in [-0.1, -0.05) is 19.9 Å². The number of nitrogens with zero attached hydrogens (tertiary/aromatic N) is 2. The van der Waals surface area contributed by atoms with Crippen LogP contribution in [-0.2, 0) is 10.0 Å². The molecule has 0 saturated heterocycles. The lowest BCUT2D eigenvalue weighted by molar-refractivity contribution is 0.220. The molecule has 0 spiro atoms. The van der Waals surface area contributed by atoms with Crippen molar-refractivity contribution in [2.45, 2.75) is 31.7 Å². The van der Waals surface area contributed by atoms with Gasteiger partial charge in [0.15, 0.2) is 0 Å². The lowest BCUT2D eigenvalue weighted by Gasteiger charge is -2.26. The number of amides is 2. The van der Waals surface area contributed by atoms with Gasteiger partial charge in [-0.2, -0.15) is 0 Å². The molecule has 0 aromatic heterocycles. The van der Waals surface area contributed by atoms with Crippen LogP contribution in [0.15, 0.2) is 29.2 Å². The molecule has 0 bridgehead atoms. The van der Waals surface area contributed by atoms with Crippen LogP contribution in [0.25, 0.3) is 0 Å². The van der Waals surface area contributed by atoms with Crippen LogP contribution in [0.3, 0.4) is 0 Å². The van der Waals surface area contributed by atoms with E-state index in [1.807, 2.05) is 0 Å². The third-order valence-corrected chi connectivity index (χ3v) is 5.68. The van der Waals surface area contributed by atoms with Gasteiger partial charge < -0.3 is 10.6 Å². The van der Waals surface area contributed by atoms with Gasteiger partial charge in [0.2, 0.25) is 10.0 Å². The number of carbonyl (C=O) groups is 1. The molecule has 1 atom stereocenters. The minimum atomic E-state index is -3.52. The van der Waals surface area contributed by atoms with Crippen molar-refractivity contribution in [1.82, 2.24) is 14.5 Å². The van der Waals surface area contributed by atoms with Gasteiger partial charge in [-0.15, -0.1) is 0 Å². The van der Waals surface area contributed by atoms with E-state index in [0.29, 0.717) is 12.2 Å². The Hall–Kier alpha value is -1.64. The third-order valence-electron chi connectivity index (χ3n) is 3.86. The summed E-state index contributed by atoms with van der Waals surface area (Å²) in [6, 6.07) is 6.08. The summed E-state index contributed by atoms with van der Waals surface area (Å²) >= 11 is 0. The number of anilines is 1. The van der Waals surface area contributed by atoms with E-state index in [4.69, 9.17) is 0 Å². The fourth-order valence-electron chi connectivity index (χ4n) is 2.34. The van der Waals surface area contributed by atoms with Gasteiger partial charge in [-0.25, -0.2) is 17.5 Å². The van der Waals surface area contributed by atoms with Crippen LogP contribution in [0, 0.1) is 0 Å². The summed E-state index contributed by atoms with van der Waals surface area (Å²) in [5, 5.41) is 5.48. The number of sulfonamides is 1. The number of nitrogens with one attached hydrogen (secondary N) is 2. The Morgan fingerprint density at radius 1 is 1.21 bits per heavy atom. The number of rotatable bonds is 8. The molecule has 1 aromatic carbocycles. The topological polar surface area (TPSA) is 81.8 Å². The van der Waals surface area contributed by atoms with Crippen LogP contribution in [-0.4, -0.2) is 63.4 Å². The molecule has 2 amide bonds. The molecule has 0 fully saturated rings. The molecule has 8 heteroatoms. The highest BCUT2D eigenvalue weighted by Crippen LogP contribution is 2.17. The Bertz CT molecular complexity index is 642. The van der Waals surface area contributed by atoms with E-state index in [9.17, 15) is 13.2 Å². The molecule has 0 heterocycles. The molecule has 0 aliphatic rings. The Labute approximate surface area is 145 Å². The van der Waals surface area contributed by atoms with Crippen LogP contribution in [0.2, 0.25) is 0 Å².